The molecule has 2 aromatic heterocycles. The molecule has 0 aliphatic carbocycles. The summed E-state index contributed by atoms with van der Waals surface area (Å²) >= 11 is 4.81. The van der Waals surface area contributed by atoms with E-state index in [4.69, 9.17) is 0 Å². The normalized spacial score (nSPS) is 10.5. The van der Waals surface area contributed by atoms with Crippen molar-refractivity contribution in [1.29, 1.82) is 0 Å². The van der Waals surface area contributed by atoms with Gasteiger partial charge in [0, 0.05) is 21.7 Å². The second kappa shape index (κ2) is 5.56. The summed E-state index contributed by atoms with van der Waals surface area (Å²) in [4.78, 5) is 17.0. The van der Waals surface area contributed by atoms with E-state index in [0.29, 0.717) is 6.42 Å². The molecule has 0 bridgehead atoms. The summed E-state index contributed by atoms with van der Waals surface area (Å²) in [6.07, 6.45) is 3.18. The van der Waals surface area contributed by atoms with Crippen molar-refractivity contribution in [2.75, 3.05) is 0 Å². The zero-order chi connectivity index (χ0) is 12.3. The number of thiophene rings is 1. The number of ketones is 1. The molecular formula is C13H12BrNOS. The van der Waals surface area contributed by atoms with E-state index in [0.717, 1.165) is 21.5 Å². The molecule has 0 amide bonds. The third-order valence-corrected chi connectivity index (χ3v) is 4.21. The first kappa shape index (κ1) is 12.5. The smallest absolute Gasteiger partial charge is 0.178 e. The molecule has 0 radical (unpaired) electrons. The molecule has 0 aromatic carbocycles. The molecular weight excluding hydrogens is 298 g/mol. The second-order valence-electron chi connectivity index (χ2n) is 3.74. The van der Waals surface area contributed by atoms with Gasteiger partial charge in [0.15, 0.2) is 5.78 Å². The van der Waals surface area contributed by atoms with E-state index in [2.05, 4.69) is 27.8 Å². The highest BCUT2D eigenvalue weighted by atomic mass is 79.9. The zero-order valence-corrected chi connectivity index (χ0v) is 11.8. The Balaban J connectivity index is 2.07. The molecule has 0 fully saturated rings. The maximum atomic E-state index is 11.9. The molecule has 0 saturated carbocycles. The Kier molecular flexibility index (Phi) is 4.07. The van der Waals surface area contributed by atoms with Gasteiger partial charge in [0.05, 0.1) is 11.3 Å². The summed E-state index contributed by atoms with van der Waals surface area (Å²) in [6, 6.07) is 5.81. The number of aryl methyl sites for hydroxylation is 1. The number of carbonyl (C=O) groups is 1. The van der Waals surface area contributed by atoms with Crippen LogP contribution in [0.2, 0.25) is 0 Å². The van der Waals surface area contributed by atoms with Gasteiger partial charge < -0.3 is 0 Å². The Hall–Kier alpha value is -1.00. The van der Waals surface area contributed by atoms with Gasteiger partial charge in [-0.1, -0.05) is 13.0 Å². The fraction of sp³-hybridized carbons (Fsp3) is 0.231. The predicted molar refractivity (Wildman–Crippen MR) is 73.7 cm³/mol. The number of hydrogen-bond donors (Lipinski definition) is 0. The number of halogens is 1. The maximum absolute atomic E-state index is 11.9. The lowest BCUT2D eigenvalue weighted by Gasteiger charge is -2.00. The van der Waals surface area contributed by atoms with Gasteiger partial charge in [-0.3, -0.25) is 9.78 Å². The van der Waals surface area contributed by atoms with Gasteiger partial charge in [-0.2, -0.15) is 0 Å². The Bertz CT molecular complexity index is 518. The van der Waals surface area contributed by atoms with Crippen molar-refractivity contribution >= 4 is 33.0 Å². The summed E-state index contributed by atoms with van der Waals surface area (Å²) in [5.41, 5.74) is 2.02. The minimum absolute atomic E-state index is 0.123. The first-order valence-electron chi connectivity index (χ1n) is 5.40. The molecule has 2 nitrogen and oxygen atoms in total. The molecule has 2 aromatic rings. The van der Waals surface area contributed by atoms with Crippen molar-refractivity contribution in [1.82, 2.24) is 4.98 Å². The molecule has 0 atom stereocenters. The summed E-state index contributed by atoms with van der Waals surface area (Å²) in [6.45, 7) is 2.09. The van der Waals surface area contributed by atoms with Crippen LogP contribution in [0.25, 0.3) is 0 Å². The van der Waals surface area contributed by atoms with Gasteiger partial charge in [0.2, 0.25) is 0 Å². The Morgan fingerprint density at radius 2 is 2.29 bits per heavy atom. The van der Waals surface area contributed by atoms with Crippen molar-refractivity contribution in [2.45, 2.75) is 19.8 Å². The second-order valence-corrected chi connectivity index (χ2v) is 5.57. The minimum Gasteiger partial charge on any atom is -0.293 e. The topological polar surface area (TPSA) is 30.0 Å². The number of rotatable bonds is 4. The van der Waals surface area contributed by atoms with Gasteiger partial charge in [-0.25, -0.2) is 0 Å². The van der Waals surface area contributed by atoms with Crippen LogP contribution in [0.1, 0.15) is 27.9 Å². The average molecular weight is 310 g/mol. The highest BCUT2D eigenvalue weighted by Crippen LogP contribution is 2.21. The van der Waals surface area contributed by atoms with E-state index >= 15 is 0 Å². The van der Waals surface area contributed by atoms with Crippen molar-refractivity contribution in [3.63, 3.8) is 0 Å². The highest BCUT2D eigenvalue weighted by Gasteiger charge is 2.10. The summed E-state index contributed by atoms with van der Waals surface area (Å²) < 4.78 is 0.958. The van der Waals surface area contributed by atoms with E-state index in [1.807, 2.05) is 29.8 Å². The number of hydrogen-bond acceptors (Lipinski definition) is 3. The Labute approximate surface area is 113 Å². The minimum atomic E-state index is 0.123. The highest BCUT2D eigenvalue weighted by molar-refractivity contribution is 9.10. The molecule has 0 aliphatic rings. The van der Waals surface area contributed by atoms with Crippen LogP contribution in [0.15, 0.2) is 34.2 Å². The number of Topliss-reactive ketones (excluding diaryl/α,β-unsaturated/α-hetero) is 1. The quantitative estimate of drug-likeness (QED) is 0.802. The van der Waals surface area contributed by atoms with Crippen molar-refractivity contribution < 1.29 is 4.79 Å². The van der Waals surface area contributed by atoms with Crippen LogP contribution in [0, 0.1) is 0 Å². The summed E-state index contributed by atoms with van der Waals surface area (Å²) in [7, 11) is 0. The number of pyridine rings is 1. The van der Waals surface area contributed by atoms with Gasteiger partial charge in [0.25, 0.3) is 0 Å². The molecule has 0 aliphatic heterocycles. The third kappa shape index (κ3) is 3.23. The fourth-order valence-electron chi connectivity index (χ4n) is 1.48. The largest absolute Gasteiger partial charge is 0.293 e. The molecule has 0 spiro atoms. The molecule has 2 rings (SSSR count). The lowest BCUT2D eigenvalue weighted by Crippen LogP contribution is -2.03. The van der Waals surface area contributed by atoms with E-state index in [9.17, 15) is 4.79 Å². The Morgan fingerprint density at radius 1 is 1.47 bits per heavy atom. The number of nitrogens with zero attached hydrogens (tertiary/aromatic N) is 1. The predicted octanol–water partition coefficient (Wildman–Crippen LogP) is 3.89. The summed E-state index contributed by atoms with van der Waals surface area (Å²) in [5.74, 6) is 0.123. The molecule has 2 heterocycles. The lowest BCUT2D eigenvalue weighted by molar-refractivity contribution is 0.0996. The first-order valence-corrected chi connectivity index (χ1v) is 7.07. The van der Waals surface area contributed by atoms with Crippen LogP contribution in [-0.4, -0.2) is 10.8 Å². The van der Waals surface area contributed by atoms with Crippen molar-refractivity contribution in [3.05, 3.63) is 50.4 Å². The summed E-state index contributed by atoms with van der Waals surface area (Å²) in [5, 5.41) is 1.92. The molecule has 17 heavy (non-hydrogen) atoms. The van der Waals surface area contributed by atoms with Gasteiger partial charge in [-0.15, -0.1) is 11.3 Å². The maximum Gasteiger partial charge on any atom is 0.178 e. The molecule has 4 heteroatoms. The third-order valence-electron chi connectivity index (χ3n) is 2.48. The monoisotopic (exact) mass is 309 g/mol. The molecule has 0 saturated heterocycles. The van der Waals surface area contributed by atoms with E-state index in [1.165, 1.54) is 16.9 Å². The van der Waals surface area contributed by atoms with Gasteiger partial charge >= 0.3 is 0 Å². The number of carbonyl (C=O) groups excluding carboxylic acids is 1. The van der Waals surface area contributed by atoms with E-state index in [1.54, 1.807) is 0 Å². The number of aromatic nitrogens is 1. The molecule has 0 unspecified atom stereocenters. The van der Waals surface area contributed by atoms with Crippen LogP contribution in [0.4, 0.5) is 0 Å². The van der Waals surface area contributed by atoms with Gasteiger partial charge in [0.1, 0.15) is 0 Å². The van der Waals surface area contributed by atoms with Crippen molar-refractivity contribution in [2.24, 2.45) is 0 Å². The zero-order valence-electron chi connectivity index (χ0n) is 9.44. The van der Waals surface area contributed by atoms with E-state index in [-0.39, 0.29) is 5.78 Å². The van der Waals surface area contributed by atoms with Crippen LogP contribution < -0.4 is 0 Å². The Morgan fingerprint density at radius 3 is 2.82 bits per heavy atom. The average Bonchev–Trinajstić information content (AvgIpc) is 2.77. The first-order chi connectivity index (χ1) is 8.19. The SMILES string of the molecule is CCc1ccc(CC(=O)c2cc(Br)cs2)nc1. The van der Waals surface area contributed by atoms with Crippen LogP contribution in [-0.2, 0) is 12.8 Å². The molecule has 88 valence electrons. The fourth-order valence-corrected chi connectivity index (χ4v) is 2.85. The van der Waals surface area contributed by atoms with Crippen LogP contribution in [0.5, 0.6) is 0 Å². The molecule has 0 N–H and O–H groups in total. The van der Waals surface area contributed by atoms with Crippen LogP contribution >= 0.6 is 27.3 Å². The standard InChI is InChI=1S/C13H12BrNOS/c1-2-9-3-4-11(15-7-9)6-12(16)13-5-10(14)8-17-13/h3-5,7-8H,2,6H2,1H3. The van der Waals surface area contributed by atoms with Gasteiger partial charge in [-0.05, 0) is 40.0 Å². The van der Waals surface area contributed by atoms with E-state index < -0.39 is 0 Å². The van der Waals surface area contributed by atoms with Crippen molar-refractivity contribution in [3.8, 4) is 0 Å². The van der Waals surface area contributed by atoms with Crippen LogP contribution in [0.3, 0.4) is 0 Å². The lowest BCUT2D eigenvalue weighted by atomic mass is 10.1.